The Bertz CT molecular complexity index is 778. The molecule has 1 saturated heterocycles. The van der Waals surface area contributed by atoms with Crippen molar-refractivity contribution in [2.24, 2.45) is 0 Å². The molecule has 1 fully saturated rings. The van der Waals surface area contributed by atoms with Crippen molar-refractivity contribution >= 4 is 17.4 Å². The lowest BCUT2D eigenvalue weighted by Crippen LogP contribution is -2.50. The quantitative estimate of drug-likeness (QED) is 0.613. The molecule has 136 valence electrons. The van der Waals surface area contributed by atoms with Gasteiger partial charge in [-0.15, -0.1) is 0 Å². The fourth-order valence-electron chi connectivity index (χ4n) is 3.12. The third kappa shape index (κ3) is 3.87. The number of ketones is 1. The maximum absolute atomic E-state index is 12.5. The van der Waals surface area contributed by atoms with E-state index in [9.17, 15) is 9.59 Å². The van der Waals surface area contributed by atoms with E-state index < -0.39 is 11.7 Å². The molecule has 5 nitrogen and oxygen atoms in total. The van der Waals surface area contributed by atoms with Gasteiger partial charge in [-0.1, -0.05) is 42.0 Å². The first-order chi connectivity index (χ1) is 12.6. The van der Waals surface area contributed by atoms with Crippen molar-refractivity contribution in [2.45, 2.75) is 13.8 Å². The van der Waals surface area contributed by atoms with Gasteiger partial charge in [0, 0.05) is 31.7 Å². The maximum Gasteiger partial charge on any atom is 0.295 e. The third-order valence-electron chi connectivity index (χ3n) is 4.58. The summed E-state index contributed by atoms with van der Waals surface area (Å²) in [6, 6.07) is 15.0. The van der Waals surface area contributed by atoms with Gasteiger partial charge >= 0.3 is 0 Å². The van der Waals surface area contributed by atoms with E-state index in [2.05, 4.69) is 4.90 Å². The molecule has 5 heteroatoms. The summed E-state index contributed by atoms with van der Waals surface area (Å²) in [5.41, 5.74) is 2.55. The number of nitrogens with zero attached hydrogens (tertiary/aromatic N) is 2. The van der Waals surface area contributed by atoms with Gasteiger partial charge in [-0.3, -0.25) is 9.59 Å². The summed E-state index contributed by atoms with van der Waals surface area (Å²) in [6.07, 6.45) is 0. The summed E-state index contributed by atoms with van der Waals surface area (Å²) < 4.78 is 5.69. The third-order valence-corrected chi connectivity index (χ3v) is 4.58. The summed E-state index contributed by atoms with van der Waals surface area (Å²) in [4.78, 5) is 28.8. The van der Waals surface area contributed by atoms with E-state index in [1.54, 1.807) is 17.0 Å². The molecule has 1 heterocycles. The van der Waals surface area contributed by atoms with Crippen LogP contribution in [0.15, 0.2) is 48.5 Å². The summed E-state index contributed by atoms with van der Waals surface area (Å²) >= 11 is 0. The second-order valence-electron chi connectivity index (χ2n) is 6.38. The maximum atomic E-state index is 12.5. The highest BCUT2D eigenvalue weighted by Gasteiger charge is 2.27. The van der Waals surface area contributed by atoms with Crippen LogP contribution in [0.25, 0.3) is 0 Å². The van der Waals surface area contributed by atoms with E-state index in [0.29, 0.717) is 38.3 Å². The molecule has 1 amide bonds. The predicted molar refractivity (Wildman–Crippen MR) is 102 cm³/mol. The number of ether oxygens (including phenoxy) is 1. The van der Waals surface area contributed by atoms with Crippen molar-refractivity contribution in [3.63, 3.8) is 0 Å². The van der Waals surface area contributed by atoms with Gasteiger partial charge in [-0.05, 0) is 26.0 Å². The van der Waals surface area contributed by atoms with Crippen LogP contribution in [-0.2, 0) is 4.79 Å². The van der Waals surface area contributed by atoms with E-state index in [1.807, 2.05) is 50.2 Å². The summed E-state index contributed by atoms with van der Waals surface area (Å²) in [5.74, 6) is -0.00901. The number of carbonyl (C=O) groups is 2. The molecule has 3 rings (SSSR count). The molecule has 0 N–H and O–H groups in total. The second-order valence-corrected chi connectivity index (χ2v) is 6.38. The molecule has 1 aliphatic heterocycles. The van der Waals surface area contributed by atoms with E-state index in [4.69, 9.17) is 4.74 Å². The smallest absolute Gasteiger partial charge is 0.295 e. The number of anilines is 1. The zero-order chi connectivity index (χ0) is 18.5. The molecular formula is C21H24N2O3. The number of amides is 1. The van der Waals surface area contributed by atoms with Crippen LogP contribution in [0, 0.1) is 6.92 Å². The van der Waals surface area contributed by atoms with Gasteiger partial charge in [-0.25, -0.2) is 0 Å². The Morgan fingerprint density at radius 1 is 0.962 bits per heavy atom. The van der Waals surface area contributed by atoms with Crippen molar-refractivity contribution in [3.8, 4) is 5.75 Å². The van der Waals surface area contributed by atoms with E-state index in [-0.39, 0.29) is 0 Å². The van der Waals surface area contributed by atoms with Crippen LogP contribution in [0.3, 0.4) is 0 Å². The number of Topliss-reactive ketones (excluding diaryl/α,β-unsaturated/α-hetero) is 1. The molecule has 0 aliphatic carbocycles. The van der Waals surface area contributed by atoms with Crippen LogP contribution in [0.1, 0.15) is 22.8 Å². The molecule has 2 aromatic carbocycles. The highest BCUT2D eigenvalue weighted by atomic mass is 16.5. The molecule has 2 aromatic rings. The number of hydrogen-bond acceptors (Lipinski definition) is 4. The Hall–Kier alpha value is -2.82. The van der Waals surface area contributed by atoms with Crippen LogP contribution in [-0.4, -0.2) is 49.4 Å². The van der Waals surface area contributed by atoms with Gasteiger partial charge in [0.15, 0.2) is 0 Å². The average Bonchev–Trinajstić information content (AvgIpc) is 2.68. The normalized spacial score (nSPS) is 14.2. The molecule has 0 spiro atoms. The Kier molecular flexibility index (Phi) is 5.56. The first-order valence-corrected chi connectivity index (χ1v) is 8.97. The van der Waals surface area contributed by atoms with Gasteiger partial charge < -0.3 is 14.5 Å². The predicted octanol–water partition coefficient (Wildman–Crippen LogP) is 2.93. The number of carbonyl (C=O) groups excluding carboxylic acids is 2. The van der Waals surface area contributed by atoms with E-state index in [1.165, 1.54) is 0 Å². The van der Waals surface area contributed by atoms with Crippen LogP contribution < -0.4 is 9.64 Å². The van der Waals surface area contributed by atoms with Crippen LogP contribution in [0.2, 0.25) is 0 Å². The largest absolute Gasteiger partial charge is 0.492 e. The van der Waals surface area contributed by atoms with E-state index >= 15 is 0 Å². The first kappa shape index (κ1) is 18.0. The van der Waals surface area contributed by atoms with Gasteiger partial charge in [-0.2, -0.15) is 0 Å². The average molecular weight is 352 g/mol. The molecule has 0 unspecified atom stereocenters. The minimum Gasteiger partial charge on any atom is -0.492 e. The molecule has 0 saturated carbocycles. The van der Waals surface area contributed by atoms with Gasteiger partial charge in [0.2, 0.25) is 5.78 Å². The Balaban J connectivity index is 1.64. The highest BCUT2D eigenvalue weighted by Crippen LogP contribution is 2.28. The lowest BCUT2D eigenvalue weighted by atomic mass is 10.1. The van der Waals surface area contributed by atoms with Crippen LogP contribution >= 0.6 is 0 Å². The van der Waals surface area contributed by atoms with Crippen molar-refractivity contribution in [2.75, 3.05) is 37.7 Å². The topological polar surface area (TPSA) is 49.9 Å². The minimum absolute atomic E-state index is 0.424. The van der Waals surface area contributed by atoms with E-state index in [0.717, 1.165) is 17.0 Å². The van der Waals surface area contributed by atoms with Crippen molar-refractivity contribution in [3.05, 3.63) is 59.7 Å². The molecule has 0 radical (unpaired) electrons. The van der Waals surface area contributed by atoms with Gasteiger partial charge in [0.05, 0.1) is 12.3 Å². The number of para-hydroxylation sites is 2. The summed E-state index contributed by atoms with van der Waals surface area (Å²) in [7, 11) is 0. The second kappa shape index (κ2) is 8.04. The monoisotopic (exact) mass is 352 g/mol. The number of benzene rings is 2. The number of hydrogen-bond donors (Lipinski definition) is 0. The van der Waals surface area contributed by atoms with Crippen molar-refractivity contribution in [1.29, 1.82) is 0 Å². The highest BCUT2D eigenvalue weighted by molar-refractivity contribution is 6.42. The molecule has 26 heavy (non-hydrogen) atoms. The molecule has 0 bridgehead atoms. The van der Waals surface area contributed by atoms with Crippen LogP contribution in [0.4, 0.5) is 5.69 Å². The van der Waals surface area contributed by atoms with Crippen molar-refractivity contribution < 1.29 is 14.3 Å². The van der Waals surface area contributed by atoms with Crippen LogP contribution in [0.5, 0.6) is 5.75 Å². The fraction of sp³-hybridized carbons (Fsp3) is 0.333. The zero-order valence-electron chi connectivity index (χ0n) is 15.3. The Morgan fingerprint density at radius 2 is 1.62 bits per heavy atom. The fourth-order valence-corrected chi connectivity index (χ4v) is 3.12. The summed E-state index contributed by atoms with van der Waals surface area (Å²) in [5, 5.41) is 0. The first-order valence-electron chi connectivity index (χ1n) is 8.97. The van der Waals surface area contributed by atoms with Gasteiger partial charge in [0.1, 0.15) is 5.75 Å². The molecule has 0 atom stereocenters. The SMILES string of the molecule is CCOc1ccccc1N1CCN(C(=O)C(=O)c2ccc(C)cc2)CC1. The standard InChI is InChI=1S/C21H24N2O3/c1-3-26-19-7-5-4-6-18(19)22-12-14-23(15-13-22)21(25)20(24)17-10-8-16(2)9-11-17/h4-11H,3,12-15H2,1-2H3. The minimum atomic E-state index is -0.437. The molecule has 0 aromatic heterocycles. The van der Waals surface area contributed by atoms with Crippen molar-refractivity contribution in [1.82, 2.24) is 4.90 Å². The Labute approximate surface area is 154 Å². The lowest BCUT2D eigenvalue weighted by Gasteiger charge is -2.36. The Morgan fingerprint density at radius 3 is 2.27 bits per heavy atom. The number of aryl methyl sites for hydroxylation is 1. The number of rotatable bonds is 5. The van der Waals surface area contributed by atoms with Gasteiger partial charge in [0.25, 0.3) is 5.91 Å². The molecular weight excluding hydrogens is 328 g/mol. The number of piperazine rings is 1. The molecule has 1 aliphatic rings. The lowest BCUT2D eigenvalue weighted by molar-refractivity contribution is -0.126. The summed E-state index contributed by atoms with van der Waals surface area (Å²) in [6.45, 7) is 6.93. The zero-order valence-corrected chi connectivity index (χ0v) is 15.3.